The number of aromatic amines is 3. The van der Waals surface area contributed by atoms with Gasteiger partial charge in [0.25, 0.3) is 11.8 Å². The largest absolute Gasteiger partial charge is 0.358 e. The van der Waals surface area contributed by atoms with E-state index in [1.165, 1.54) is 0 Å². The van der Waals surface area contributed by atoms with Crippen LogP contribution in [0.25, 0.3) is 21.8 Å². The van der Waals surface area contributed by atoms with Crippen LogP contribution in [-0.2, 0) is 18.3 Å². The Bertz CT molecular complexity index is 2320. The number of ketones is 1. The van der Waals surface area contributed by atoms with Gasteiger partial charge in [-0.3, -0.25) is 19.3 Å². The summed E-state index contributed by atoms with van der Waals surface area (Å²) < 4.78 is 0. The van der Waals surface area contributed by atoms with Crippen molar-refractivity contribution in [3.05, 3.63) is 93.7 Å². The maximum absolute atomic E-state index is 14.0. The van der Waals surface area contributed by atoms with Crippen molar-refractivity contribution in [2.45, 2.75) is 31.6 Å². The molecule has 6 heterocycles. The van der Waals surface area contributed by atoms with Gasteiger partial charge in [-0.1, -0.05) is 0 Å². The van der Waals surface area contributed by atoms with Gasteiger partial charge in [-0.2, -0.15) is 0 Å². The van der Waals surface area contributed by atoms with E-state index in [-0.39, 0.29) is 23.0 Å². The lowest BCUT2D eigenvalue weighted by Gasteiger charge is -2.28. The number of fused-ring (bicyclic) bond motifs is 7. The number of aromatic nitrogens is 3. The summed E-state index contributed by atoms with van der Waals surface area (Å²) in [6.45, 7) is 3.66. The third kappa shape index (κ3) is 3.07. The number of piperidine rings is 1. The molecule has 1 spiro atoms. The first-order chi connectivity index (χ1) is 22.2. The topological polar surface area (TPSA) is 151 Å². The Morgan fingerprint density at radius 1 is 0.870 bits per heavy atom. The summed E-state index contributed by atoms with van der Waals surface area (Å²) in [5.41, 5.74) is 15.2. The number of primary amides is 1. The number of nitrogens with one attached hydrogen (secondary N) is 3. The molecule has 0 radical (unpaired) electrons. The highest BCUT2D eigenvalue weighted by molar-refractivity contribution is 6.12. The van der Waals surface area contributed by atoms with Crippen LogP contribution in [0.1, 0.15) is 60.1 Å². The zero-order chi connectivity index (χ0) is 31.2. The number of hydrogen-bond acceptors (Lipinski definition) is 4. The van der Waals surface area contributed by atoms with Gasteiger partial charge >= 0.3 is 6.03 Å². The van der Waals surface area contributed by atoms with E-state index in [9.17, 15) is 19.2 Å². The zero-order valence-electron chi connectivity index (χ0n) is 25.0. The van der Waals surface area contributed by atoms with Gasteiger partial charge in [0.2, 0.25) is 5.78 Å². The molecule has 1 saturated carbocycles. The average Bonchev–Trinajstić information content (AvgIpc) is 3.75. The number of benzene rings is 2. The molecule has 1 saturated heterocycles. The minimum atomic E-state index is -0.480. The minimum Gasteiger partial charge on any atom is -0.358 e. The Morgan fingerprint density at radius 3 is 2.13 bits per heavy atom. The fourth-order valence-corrected chi connectivity index (χ4v) is 8.93. The Balaban J connectivity index is 0.962. The predicted octanol–water partition coefficient (Wildman–Crippen LogP) is 4.42. The first kappa shape index (κ1) is 25.7. The lowest BCUT2D eigenvalue weighted by atomic mass is 9.83. The molecule has 228 valence electrons. The molecule has 10 rings (SSSR count). The van der Waals surface area contributed by atoms with Crippen LogP contribution in [0.2, 0.25) is 0 Å². The number of nitrogens with zero attached hydrogens (tertiary/aromatic N) is 3. The van der Waals surface area contributed by atoms with Gasteiger partial charge in [0.1, 0.15) is 11.4 Å². The van der Waals surface area contributed by atoms with Gasteiger partial charge in [0.15, 0.2) is 0 Å². The molecule has 3 aliphatic heterocycles. The van der Waals surface area contributed by atoms with Crippen LogP contribution < -0.4 is 15.5 Å². The number of rotatable bonds is 2. The summed E-state index contributed by atoms with van der Waals surface area (Å²) in [6.07, 6.45) is 5.84. The fraction of sp³-hybridized carbons (Fsp3) is 0.257. The third-order valence-electron chi connectivity index (χ3n) is 11.0. The van der Waals surface area contributed by atoms with Crippen LogP contribution in [0.15, 0.2) is 54.4 Å². The highest BCUT2D eigenvalue weighted by Crippen LogP contribution is 2.67. The number of likely N-dealkylation sites (tertiary alicyclic amines) is 1. The van der Waals surface area contributed by atoms with Crippen molar-refractivity contribution in [3.8, 4) is 0 Å². The van der Waals surface area contributed by atoms with E-state index in [1.54, 1.807) is 20.8 Å². The van der Waals surface area contributed by atoms with E-state index in [0.29, 0.717) is 55.5 Å². The van der Waals surface area contributed by atoms with Crippen LogP contribution in [0, 0.1) is 12.8 Å². The van der Waals surface area contributed by atoms with E-state index < -0.39 is 6.03 Å². The number of carbonyl (C=O) groups excluding carboxylic acids is 4. The molecule has 5 aliphatic rings. The summed E-state index contributed by atoms with van der Waals surface area (Å²) in [5, 5.41) is 1.85. The second-order valence-corrected chi connectivity index (χ2v) is 13.3. The van der Waals surface area contributed by atoms with E-state index >= 15 is 0 Å². The number of anilines is 2. The summed E-state index contributed by atoms with van der Waals surface area (Å²) in [6, 6.07) is 10.9. The number of nitrogens with two attached hydrogens (primary N) is 1. The first-order valence-electron chi connectivity index (χ1n) is 15.7. The number of amides is 4. The van der Waals surface area contributed by atoms with E-state index in [2.05, 4.69) is 15.0 Å². The molecule has 2 atom stereocenters. The second kappa shape index (κ2) is 8.36. The molecule has 2 fully saturated rings. The van der Waals surface area contributed by atoms with Gasteiger partial charge in [0.05, 0.1) is 5.69 Å². The lowest BCUT2D eigenvalue weighted by molar-refractivity contribution is 0.0806. The highest BCUT2D eigenvalue weighted by Gasteiger charge is 2.68. The minimum absolute atomic E-state index is 0.0831. The number of H-pyrrole nitrogens is 3. The predicted molar refractivity (Wildman–Crippen MR) is 171 cm³/mol. The maximum atomic E-state index is 14.0. The standard InChI is InChI=1S/C35H29N7O4/c1-16-14-37-31-28(43)12-29-35(30(16)31)13-17(35)15-42(29)33(45)25-11-20-18-6-8-40(26(18)4-2-22(20)39-25)32(44)24-10-21-19-7-9-41(34(36)46)27(19)5-3-23(21)38-24/h2-5,10-12,14,17,37-39H,6-9,13,15H2,1H3,(H2,36,46). The van der Waals surface area contributed by atoms with Crippen LogP contribution >= 0.6 is 0 Å². The maximum Gasteiger partial charge on any atom is 0.319 e. The molecular weight excluding hydrogens is 582 g/mol. The van der Waals surface area contributed by atoms with Crippen LogP contribution in [0.5, 0.6) is 0 Å². The Morgan fingerprint density at radius 2 is 1.48 bits per heavy atom. The summed E-state index contributed by atoms with van der Waals surface area (Å²) >= 11 is 0. The summed E-state index contributed by atoms with van der Waals surface area (Å²) in [4.78, 5) is 67.6. The normalized spacial score (nSPS) is 22.2. The number of aryl methyl sites for hydroxylation is 1. The quantitative estimate of drug-likeness (QED) is 0.234. The highest BCUT2D eigenvalue weighted by atomic mass is 16.2. The van der Waals surface area contributed by atoms with Gasteiger partial charge in [0, 0.05) is 76.2 Å². The van der Waals surface area contributed by atoms with Crippen molar-refractivity contribution >= 4 is 56.8 Å². The first-order valence-corrected chi connectivity index (χ1v) is 15.7. The third-order valence-corrected chi connectivity index (χ3v) is 11.0. The van der Waals surface area contributed by atoms with Crippen LogP contribution in [0.3, 0.4) is 0 Å². The monoisotopic (exact) mass is 611 g/mol. The molecule has 4 amide bonds. The van der Waals surface area contributed by atoms with Crippen molar-refractivity contribution in [2.24, 2.45) is 11.7 Å². The molecule has 11 heteroatoms. The van der Waals surface area contributed by atoms with E-state index in [1.807, 2.05) is 49.5 Å². The van der Waals surface area contributed by atoms with Crippen molar-refractivity contribution in [3.63, 3.8) is 0 Å². The van der Waals surface area contributed by atoms with Crippen molar-refractivity contribution in [1.82, 2.24) is 19.9 Å². The van der Waals surface area contributed by atoms with Crippen molar-refractivity contribution in [1.29, 1.82) is 0 Å². The smallest absolute Gasteiger partial charge is 0.319 e. The molecule has 2 aromatic carbocycles. The molecule has 46 heavy (non-hydrogen) atoms. The molecular formula is C35H29N7O4. The Labute approximate surface area is 262 Å². The van der Waals surface area contributed by atoms with Gasteiger partial charge < -0.3 is 30.5 Å². The second-order valence-electron chi connectivity index (χ2n) is 13.3. The molecule has 2 aliphatic carbocycles. The fourth-order valence-electron chi connectivity index (χ4n) is 8.93. The zero-order valence-corrected chi connectivity index (χ0v) is 25.0. The molecule has 11 nitrogen and oxygen atoms in total. The van der Waals surface area contributed by atoms with Crippen molar-refractivity contribution < 1.29 is 19.2 Å². The molecule has 5 N–H and O–H groups in total. The van der Waals surface area contributed by atoms with Crippen molar-refractivity contribution in [2.75, 3.05) is 29.4 Å². The number of allylic oxidation sites excluding steroid dienone is 2. The van der Waals surface area contributed by atoms with E-state index in [4.69, 9.17) is 5.73 Å². The summed E-state index contributed by atoms with van der Waals surface area (Å²) in [7, 11) is 0. The van der Waals surface area contributed by atoms with Gasteiger partial charge in [-0.05, 0) is 90.8 Å². The SMILES string of the molecule is Cc1c[nH]c2c1C13CC1CN(C(=O)c1cc4c5c(ccc4[nH]1)N(C(=O)c1cc4c6c(ccc4[nH]1)N(C(N)=O)CC6)CC5)C3=CC2=O. The van der Waals surface area contributed by atoms with Crippen LogP contribution in [-0.4, -0.2) is 63.1 Å². The molecule has 0 bridgehead atoms. The molecule has 3 aromatic heterocycles. The number of hydrogen-bond donors (Lipinski definition) is 4. The lowest BCUT2D eigenvalue weighted by Crippen LogP contribution is -2.34. The van der Waals surface area contributed by atoms with Gasteiger partial charge in [-0.15, -0.1) is 0 Å². The molecule has 5 aromatic rings. The number of carbonyl (C=O) groups is 4. The van der Waals surface area contributed by atoms with Gasteiger partial charge in [-0.25, -0.2) is 4.79 Å². The Hall–Kier alpha value is -5.58. The summed E-state index contributed by atoms with van der Waals surface area (Å²) in [5.74, 6) is -0.0430. The molecule has 2 unspecified atom stereocenters. The van der Waals surface area contributed by atoms with E-state index in [0.717, 1.165) is 67.6 Å². The number of urea groups is 1. The van der Waals surface area contributed by atoms with Crippen LogP contribution in [0.4, 0.5) is 16.2 Å². The Kier molecular flexibility index (Phi) is 4.67. The average molecular weight is 612 g/mol.